The van der Waals surface area contributed by atoms with Gasteiger partial charge >= 0.3 is 0 Å². The Balaban J connectivity index is 2.35. The Bertz CT molecular complexity index is 428. The van der Waals surface area contributed by atoms with Gasteiger partial charge in [-0.2, -0.15) is 0 Å². The van der Waals surface area contributed by atoms with E-state index in [0.717, 1.165) is 11.1 Å². The van der Waals surface area contributed by atoms with E-state index in [9.17, 15) is 0 Å². The second-order valence-electron chi connectivity index (χ2n) is 3.21. The third-order valence-corrected chi connectivity index (χ3v) is 2.46. The summed E-state index contributed by atoms with van der Waals surface area (Å²) < 4.78 is 5.02. The second-order valence-corrected chi connectivity index (χ2v) is 3.65. The highest BCUT2D eigenvalue weighted by Crippen LogP contribution is 2.23. The maximum Gasteiger partial charge on any atom is 0.0954 e. The molecule has 0 aliphatic rings. The Kier molecular flexibility index (Phi) is 3.06. The summed E-state index contributed by atoms with van der Waals surface area (Å²) in [5.41, 5.74) is 4.71. The average Bonchev–Trinajstić information content (AvgIpc) is 2.72. The first kappa shape index (κ1) is 10.2. The fourth-order valence-corrected chi connectivity index (χ4v) is 1.71. The number of nitrogens with two attached hydrogens (primary N) is 1. The van der Waals surface area contributed by atoms with Crippen molar-refractivity contribution in [3.63, 3.8) is 0 Å². The predicted molar refractivity (Wildman–Crippen MR) is 59.3 cm³/mol. The number of halogens is 1. The predicted octanol–water partition coefficient (Wildman–Crippen LogP) is 2.49. The van der Waals surface area contributed by atoms with Gasteiger partial charge in [-0.05, 0) is 23.8 Å². The number of furan rings is 1. The van der Waals surface area contributed by atoms with Crippen molar-refractivity contribution < 1.29 is 4.42 Å². The van der Waals surface area contributed by atoms with Crippen LogP contribution in [0.15, 0.2) is 47.3 Å². The minimum absolute atomic E-state index is 0.0950. The molecule has 1 unspecified atom stereocenters. The van der Waals surface area contributed by atoms with Gasteiger partial charge in [-0.25, -0.2) is 5.43 Å². The SMILES string of the molecule is NNC(c1ccoc1)c1cccc(Cl)c1. The molecule has 0 bridgehead atoms. The van der Waals surface area contributed by atoms with Crippen LogP contribution >= 0.6 is 11.6 Å². The van der Waals surface area contributed by atoms with E-state index in [1.54, 1.807) is 12.5 Å². The van der Waals surface area contributed by atoms with E-state index < -0.39 is 0 Å². The topological polar surface area (TPSA) is 51.2 Å². The summed E-state index contributed by atoms with van der Waals surface area (Å²) in [5, 5.41) is 0.691. The molecule has 1 aromatic heterocycles. The first-order valence-corrected chi connectivity index (χ1v) is 4.93. The third-order valence-electron chi connectivity index (χ3n) is 2.23. The van der Waals surface area contributed by atoms with Crippen molar-refractivity contribution in [2.45, 2.75) is 6.04 Å². The Labute approximate surface area is 92.8 Å². The van der Waals surface area contributed by atoms with Crippen LogP contribution in [0.3, 0.4) is 0 Å². The van der Waals surface area contributed by atoms with Crippen LogP contribution in [0.25, 0.3) is 0 Å². The van der Waals surface area contributed by atoms with Crippen LogP contribution in [0.4, 0.5) is 0 Å². The lowest BCUT2D eigenvalue weighted by Gasteiger charge is -2.14. The molecule has 0 aliphatic carbocycles. The van der Waals surface area contributed by atoms with Crippen molar-refractivity contribution in [1.29, 1.82) is 0 Å². The number of hydrogen-bond donors (Lipinski definition) is 2. The molecular weight excluding hydrogens is 212 g/mol. The highest BCUT2D eigenvalue weighted by Gasteiger charge is 2.13. The molecule has 3 nitrogen and oxygen atoms in total. The molecule has 0 radical (unpaired) electrons. The van der Waals surface area contributed by atoms with Crippen molar-refractivity contribution in [1.82, 2.24) is 5.43 Å². The van der Waals surface area contributed by atoms with Gasteiger partial charge < -0.3 is 4.42 Å². The molecule has 0 fully saturated rings. The van der Waals surface area contributed by atoms with Gasteiger partial charge in [0.25, 0.3) is 0 Å². The molecule has 0 aliphatic heterocycles. The Hall–Kier alpha value is -1.29. The van der Waals surface area contributed by atoms with E-state index in [1.165, 1.54) is 0 Å². The lowest BCUT2D eigenvalue weighted by Crippen LogP contribution is -2.28. The minimum Gasteiger partial charge on any atom is -0.472 e. The fourth-order valence-electron chi connectivity index (χ4n) is 1.51. The quantitative estimate of drug-likeness (QED) is 0.620. The molecule has 0 spiro atoms. The summed E-state index contributed by atoms with van der Waals surface area (Å²) >= 11 is 5.92. The van der Waals surface area contributed by atoms with Gasteiger partial charge in [-0.1, -0.05) is 23.7 Å². The third kappa shape index (κ3) is 2.21. The lowest BCUT2D eigenvalue weighted by atomic mass is 10.0. The molecular formula is C11H11ClN2O. The maximum atomic E-state index is 5.92. The summed E-state index contributed by atoms with van der Waals surface area (Å²) in [6.45, 7) is 0. The van der Waals surface area contributed by atoms with Crippen molar-refractivity contribution in [2.24, 2.45) is 5.84 Å². The molecule has 2 aromatic rings. The van der Waals surface area contributed by atoms with Crippen molar-refractivity contribution in [2.75, 3.05) is 0 Å². The maximum absolute atomic E-state index is 5.92. The molecule has 0 saturated carbocycles. The zero-order valence-corrected chi connectivity index (χ0v) is 8.74. The monoisotopic (exact) mass is 222 g/mol. The van der Waals surface area contributed by atoms with Crippen LogP contribution in [0, 0.1) is 0 Å². The van der Waals surface area contributed by atoms with Crippen molar-refractivity contribution in [3.05, 3.63) is 59.0 Å². The first-order valence-electron chi connectivity index (χ1n) is 4.55. The van der Waals surface area contributed by atoms with E-state index in [2.05, 4.69) is 5.43 Å². The summed E-state index contributed by atoms with van der Waals surface area (Å²) in [5.74, 6) is 5.51. The first-order chi connectivity index (χ1) is 7.31. The Morgan fingerprint density at radius 2 is 2.13 bits per heavy atom. The normalized spacial score (nSPS) is 12.7. The lowest BCUT2D eigenvalue weighted by molar-refractivity contribution is 0.553. The molecule has 3 N–H and O–H groups in total. The molecule has 1 heterocycles. The molecule has 4 heteroatoms. The standard InChI is InChI=1S/C11H11ClN2O/c12-10-3-1-2-8(6-10)11(14-13)9-4-5-15-7-9/h1-7,11,14H,13H2. The van der Waals surface area contributed by atoms with Gasteiger partial charge in [0.05, 0.1) is 18.6 Å². The van der Waals surface area contributed by atoms with E-state index >= 15 is 0 Å². The largest absolute Gasteiger partial charge is 0.472 e. The van der Waals surface area contributed by atoms with Crippen molar-refractivity contribution >= 4 is 11.6 Å². The van der Waals surface area contributed by atoms with E-state index in [0.29, 0.717) is 5.02 Å². The van der Waals surface area contributed by atoms with Crippen LogP contribution in [0.5, 0.6) is 0 Å². The number of nitrogens with one attached hydrogen (secondary N) is 1. The van der Waals surface area contributed by atoms with Crippen LogP contribution in [0.2, 0.25) is 5.02 Å². The average molecular weight is 223 g/mol. The van der Waals surface area contributed by atoms with Gasteiger partial charge in [0.2, 0.25) is 0 Å². The summed E-state index contributed by atoms with van der Waals surface area (Å²) in [6.07, 6.45) is 3.27. The van der Waals surface area contributed by atoms with Crippen molar-refractivity contribution in [3.8, 4) is 0 Å². The van der Waals surface area contributed by atoms with Gasteiger partial charge in [0, 0.05) is 10.6 Å². The number of rotatable bonds is 3. The molecule has 15 heavy (non-hydrogen) atoms. The van der Waals surface area contributed by atoms with Gasteiger partial charge in [0.15, 0.2) is 0 Å². The van der Waals surface area contributed by atoms with E-state index in [4.69, 9.17) is 21.9 Å². The molecule has 2 rings (SSSR count). The van der Waals surface area contributed by atoms with E-state index in [1.807, 2.05) is 30.3 Å². The highest BCUT2D eigenvalue weighted by molar-refractivity contribution is 6.30. The van der Waals surface area contributed by atoms with Crippen LogP contribution in [-0.2, 0) is 0 Å². The number of benzene rings is 1. The summed E-state index contributed by atoms with van der Waals surface area (Å²) in [6, 6.07) is 9.33. The Morgan fingerprint density at radius 1 is 1.27 bits per heavy atom. The highest BCUT2D eigenvalue weighted by atomic mass is 35.5. The summed E-state index contributed by atoms with van der Waals surface area (Å²) in [7, 11) is 0. The Morgan fingerprint density at radius 3 is 2.73 bits per heavy atom. The number of hydrogen-bond acceptors (Lipinski definition) is 3. The smallest absolute Gasteiger partial charge is 0.0954 e. The van der Waals surface area contributed by atoms with Gasteiger partial charge in [0.1, 0.15) is 0 Å². The van der Waals surface area contributed by atoms with Crippen LogP contribution in [-0.4, -0.2) is 0 Å². The molecule has 78 valence electrons. The van der Waals surface area contributed by atoms with Crippen LogP contribution in [0.1, 0.15) is 17.2 Å². The zero-order valence-electron chi connectivity index (χ0n) is 7.98. The van der Waals surface area contributed by atoms with E-state index in [-0.39, 0.29) is 6.04 Å². The van der Waals surface area contributed by atoms with Crippen LogP contribution < -0.4 is 11.3 Å². The van der Waals surface area contributed by atoms with Gasteiger partial charge in [-0.15, -0.1) is 0 Å². The molecule has 1 atom stereocenters. The second kappa shape index (κ2) is 4.49. The molecule has 0 amide bonds. The summed E-state index contributed by atoms with van der Waals surface area (Å²) in [4.78, 5) is 0. The molecule has 0 saturated heterocycles. The zero-order chi connectivity index (χ0) is 10.7. The fraction of sp³-hybridized carbons (Fsp3) is 0.0909. The van der Waals surface area contributed by atoms with Gasteiger partial charge in [-0.3, -0.25) is 5.84 Å². The number of hydrazine groups is 1. The minimum atomic E-state index is -0.0950. The molecule has 1 aromatic carbocycles.